The second-order valence-electron chi connectivity index (χ2n) is 5.46. The lowest BCUT2D eigenvalue weighted by Crippen LogP contribution is -2.36. The van der Waals surface area contributed by atoms with E-state index in [4.69, 9.17) is 4.74 Å². The van der Waals surface area contributed by atoms with E-state index in [1.54, 1.807) is 31.4 Å². The molecule has 0 saturated heterocycles. The van der Waals surface area contributed by atoms with Gasteiger partial charge in [-0.3, -0.25) is 14.8 Å². The number of nitrogens with zero attached hydrogens (tertiary/aromatic N) is 2. The molecule has 2 heterocycles. The second-order valence-corrected chi connectivity index (χ2v) is 5.46. The molecule has 4 rings (SSSR count). The molecule has 7 heteroatoms. The standard InChI is InChI=1S/C18H14N4O3/c1-25-12-8-6-11(7-9-12)22-17(23)13-10-19-14-4-2-3-5-15(14)20-16(13)21-18(22)24/h2-10,20H,1H3,(H,21,24). The molecule has 25 heavy (non-hydrogen) atoms. The fraction of sp³-hybridized carbons (Fsp3) is 0.0556. The lowest BCUT2D eigenvalue weighted by molar-refractivity contribution is 0.414. The summed E-state index contributed by atoms with van der Waals surface area (Å²) in [6.07, 6.45) is 1.46. The summed E-state index contributed by atoms with van der Waals surface area (Å²) in [4.78, 5) is 32.4. The van der Waals surface area contributed by atoms with Gasteiger partial charge in [0.05, 0.1) is 29.7 Å². The van der Waals surface area contributed by atoms with E-state index in [0.29, 0.717) is 22.9 Å². The van der Waals surface area contributed by atoms with Crippen LogP contribution in [0.4, 0.5) is 17.2 Å². The fourth-order valence-corrected chi connectivity index (χ4v) is 2.69. The number of hydrogen-bond acceptors (Lipinski definition) is 5. The zero-order valence-electron chi connectivity index (χ0n) is 13.3. The van der Waals surface area contributed by atoms with Crippen molar-refractivity contribution in [2.45, 2.75) is 0 Å². The number of methoxy groups -OCH3 is 1. The highest BCUT2D eigenvalue weighted by atomic mass is 16.5. The smallest absolute Gasteiger partial charge is 0.334 e. The van der Waals surface area contributed by atoms with Crippen molar-refractivity contribution in [1.29, 1.82) is 0 Å². The summed E-state index contributed by atoms with van der Waals surface area (Å²) in [5.41, 5.74) is 1.16. The summed E-state index contributed by atoms with van der Waals surface area (Å²) in [6, 6.07) is 14.0. The number of hydrogen-bond donors (Lipinski definition) is 2. The van der Waals surface area contributed by atoms with E-state index in [9.17, 15) is 9.59 Å². The van der Waals surface area contributed by atoms with Crippen LogP contribution in [0.2, 0.25) is 0 Å². The van der Waals surface area contributed by atoms with Crippen LogP contribution >= 0.6 is 0 Å². The van der Waals surface area contributed by atoms with E-state index >= 15 is 0 Å². The number of aromatic amines is 1. The van der Waals surface area contributed by atoms with E-state index < -0.39 is 11.2 Å². The van der Waals surface area contributed by atoms with Gasteiger partial charge < -0.3 is 10.1 Å². The van der Waals surface area contributed by atoms with Crippen molar-refractivity contribution in [3.05, 3.63) is 74.9 Å². The molecule has 1 aromatic heterocycles. The van der Waals surface area contributed by atoms with Crippen LogP contribution in [0.3, 0.4) is 0 Å². The monoisotopic (exact) mass is 334 g/mol. The van der Waals surface area contributed by atoms with Gasteiger partial charge in [-0.1, -0.05) is 12.1 Å². The van der Waals surface area contributed by atoms with Crippen molar-refractivity contribution in [3.8, 4) is 11.4 Å². The number of para-hydroxylation sites is 2. The number of benzene rings is 2. The first-order valence-corrected chi connectivity index (χ1v) is 7.61. The minimum Gasteiger partial charge on any atom is -0.497 e. The van der Waals surface area contributed by atoms with Gasteiger partial charge in [-0.05, 0) is 36.4 Å². The molecule has 0 spiro atoms. The van der Waals surface area contributed by atoms with Crippen molar-refractivity contribution >= 4 is 23.4 Å². The van der Waals surface area contributed by atoms with E-state index in [-0.39, 0.29) is 5.56 Å². The van der Waals surface area contributed by atoms with Crippen molar-refractivity contribution in [2.24, 2.45) is 4.99 Å². The summed E-state index contributed by atoms with van der Waals surface area (Å²) in [7, 11) is 1.55. The maximum atomic E-state index is 12.9. The molecule has 1 aliphatic rings. The average Bonchev–Trinajstić information content (AvgIpc) is 2.81. The predicted octanol–water partition coefficient (Wildman–Crippen LogP) is 2.34. The van der Waals surface area contributed by atoms with Gasteiger partial charge in [0.15, 0.2) is 0 Å². The molecule has 0 unspecified atom stereocenters. The number of nitrogens with one attached hydrogen (secondary N) is 2. The highest BCUT2D eigenvalue weighted by Gasteiger charge is 2.17. The average molecular weight is 334 g/mol. The van der Waals surface area contributed by atoms with E-state index in [2.05, 4.69) is 15.3 Å². The van der Waals surface area contributed by atoms with Crippen LogP contribution in [0.15, 0.2) is 63.1 Å². The molecule has 1 aliphatic heterocycles. The number of anilines is 2. The van der Waals surface area contributed by atoms with E-state index in [0.717, 1.165) is 10.3 Å². The van der Waals surface area contributed by atoms with Gasteiger partial charge in [-0.25, -0.2) is 9.36 Å². The largest absolute Gasteiger partial charge is 0.497 e. The van der Waals surface area contributed by atoms with Crippen molar-refractivity contribution in [1.82, 2.24) is 9.55 Å². The number of aromatic nitrogens is 2. The summed E-state index contributed by atoms with van der Waals surface area (Å²) in [5, 5.41) is 3.07. The number of ether oxygens (including phenoxy) is 1. The zero-order chi connectivity index (χ0) is 17.4. The number of H-pyrrole nitrogens is 1. The minimum absolute atomic E-state index is 0.284. The Labute approximate surface area is 142 Å². The van der Waals surface area contributed by atoms with Gasteiger partial charge in [0, 0.05) is 6.21 Å². The van der Waals surface area contributed by atoms with Crippen molar-refractivity contribution < 1.29 is 4.74 Å². The summed E-state index contributed by atoms with van der Waals surface area (Å²) < 4.78 is 6.18. The Bertz CT molecular complexity index is 1090. The molecule has 3 aromatic rings. The third-order valence-corrected chi connectivity index (χ3v) is 3.96. The first-order chi connectivity index (χ1) is 12.2. The van der Waals surface area contributed by atoms with E-state index in [1.807, 2.05) is 24.3 Å². The lowest BCUT2D eigenvalue weighted by Gasteiger charge is -2.11. The first-order valence-electron chi connectivity index (χ1n) is 7.61. The molecule has 7 nitrogen and oxygen atoms in total. The molecule has 0 atom stereocenters. The molecule has 0 amide bonds. The summed E-state index contributed by atoms with van der Waals surface area (Å²) in [6.45, 7) is 0. The highest BCUT2D eigenvalue weighted by molar-refractivity contribution is 5.93. The normalized spacial score (nSPS) is 11.9. The Morgan fingerprint density at radius 2 is 1.80 bits per heavy atom. The Morgan fingerprint density at radius 3 is 2.56 bits per heavy atom. The van der Waals surface area contributed by atoms with Crippen LogP contribution < -0.4 is 21.3 Å². The summed E-state index contributed by atoms with van der Waals surface area (Å²) >= 11 is 0. The Kier molecular flexibility index (Phi) is 3.46. The molecule has 124 valence electrons. The SMILES string of the molecule is COc1ccc(-n2c(=O)[nH]c3c(c2=O)C=Nc2ccccc2N3)cc1. The van der Waals surface area contributed by atoms with Gasteiger partial charge in [-0.15, -0.1) is 0 Å². The topological polar surface area (TPSA) is 88.5 Å². The quantitative estimate of drug-likeness (QED) is 0.589. The number of aliphatic imine (C=N–C) groups is 1. The summed E-state index contributed by atoms with van der Waals surface area (Å²) in [5.74, 6) is 0.968. The number of rotatable bonds is 2. The van der Waals surface area contributed by atoms with Crippen LogP contribution in [0.1, 0.15) is 5.56 Å². The second kappa shape index (κ2) is 5.79. The Hall–Kier alpha value is -3.61. The Morgan fingerprint density at radius 1 is 1.04 bits per heavy atom. The van der Waals surface area contributed by atoms with Gasteiger partial charge in [0.25, 0.3) is 5.56 Å². The molecular formula is C18H14N4O3. The van der Waals surface area contributed by atoms with Crippen LogP contribution in [-0.4, -0.2) is 22.9 Å². The minimum atomic E-state index is -0.533. The number of fused-ring (bicyclic) bond motifs is 2. The molecule has 0 bridgehead atoms. The molecule has 0 radical (unpaired) electrons. The zero-order valence-corrected chi connectivity index (χ0v) is 13.3. The maximum Gasteiger partial charge on any atom is 0.334 e. The Balaban J connectivity index is 1.90. The molecule has 0 fully saturated rings. The highest BCUT2D eigenvalue weighted by Crippen LogP contribution is 2.29. The predicted molar refractivity (Wildman–Crippen MR) is 96.2 cm³/mol. The molecule has 0 saturated carbocycles. The van der Waals surface area contributed by atoms with Gasteiger partial charge in [0.1, 0.15) is 11.6 Å². The van der Waals surface area contributed by atoms with Gasteiger partial charge in [-0.2, -0.15) is 0 Å². The lowest BCUT2D eigenvalue weighted by atomic mass is 10.2. The molecule has 0 aliphatic carbocycles. The van der Waals surface area contributed by atoms with Crippen LogP contribution in [0.5, 0.6) is 5.75 Å². The van der Waals surface area contributed by atoms with E-state index in [1.165, 1.54) is 6.21 Å². The first kappa shape index (κ1) is 14.9. The third kappa shape index (κ3) is 2.51. The fourth-order valence-electron chi connectivity index (χ4n) is 2.69. The van der Waals surface area contributed by atoms with Crippen molar-refractivity contribution in [2.75, 3.05) is 12.4 Å². The van der Waals surface area contributed by atoms with Crippen molar-refractivity contribution in [3.63, 3.8) is 0 Å². The molecule has 2 N–H and O–H groups in total. The van der Waals surface area contributed by atoms with Gasteiger partial charge in [0.2, 0.25) is 0 Å². The maximum absolute atomic E-state index is 12.9. The van der Waals surface area contributed by atoms with Crippen LogP contribution in [0, 0.1) is 0 Å². The van der Waals surface area contributed by atoms with Crippen LogP contribution in [-0.2, 0) is 0 Å². The molecule has 2 aromatic carbocycles. The third-order valence-electron chi connectivity index (χ3n) is 3.96. The van der Waals surface area contributed by atoms with Gasteiger partial charge >= 0.3 is 5.69 Å². The van der Waals surface area contributed by atoms with Crippen LogP contribution in [0.25, 0.3) is 5.69 Å². The molecular weight excluding hydrogens is 320 g/mol.